The SMILES string of the molecule is Cn1c(=O)oc2cc(-c3ncsc3C#N)ccc21. The first-order valence-electron chi connectivity index (χ1n) is 5.14. The Morgan fingerprint density at radius 1 is 1.50 bits per heavy atom. The molecule has 2 heterocycles. The Morgan fingerprint density at radius 3 is 3.11 bits per heavy atom. The number of nitriles is 1. The third kappa shape index (κ3) is 1.45. The van der Waals surface area contributed by atoms with Crippen molar-refractivity contribution in [2.24, 2.45) is 7.05 Å². The van der Waals surface area contributed by atoms with Crippen molar-refractivity contribution in [3.8, 4) is 17.3 Å². The molecule has 0 amide bonds. The van der Waals surface area contributed by atoms with Crippen LogP contribution in [0.25, 0.3) is 22.4 Å². The molecule has 0 saturated heterocycles. The lowest BCUT2D eigenvalue weighted by Gasteiger charge is -1.97. The lowest BCUT2D eigenvalue weighted by atomic mass is 10.1. The molecular weight excluding hydrogens is 250 g/mol. The summed E-state index contributed by atoms with van der Waals surface area (Å²) in [5, 5.41) is 8.97. The molecule has 2 aromatic heterocycles. The lowest BCUT2D eigenvalue weighted by molar-refractivity contribution is 0.528. The Kier molecular flexibility index (Phi) is 2.28. The van der Waals surface area contributed by atoms with Gasteiger partial charge in [0.25, 0.3) is 0 Å². The van der Waals surface area contributed by atoms with E-state index in [1.54, 1.807) is 24.7 Å². The van der Waals surface area contributed by atoms with E-state index in [-0.39, 0.29) is 0 Å². The minimum absolute atomic E-state index is 0.402. The molecule has 1 aromatic carbocycles. The molecule has 0 saturated carbocycles. The third-order valence-electron chi connectivity index (χ3n) is 2.73. The molecule has 88 valence electrons. The first-order chi connectivity index (χ1) is 8.70. The molecule has 18 heavy (non-hydrogen) atoms. The number of aryl methyl sites for hydroxylation is 1. The van der Waals surface area contributed by atoms with Crippen molar-refractivity contribution >= 4 is 22.4 Å². The highest BCUT2D eigenvalue weighted by Crippen LogP contribution is 2.27. The van der Waals surface area contributed by atoms with E-state index in [1.807, 2.05) is 6.07 Å². The fourth-order valence-electron chi connectivity index (χ4n) is 1.81. The fraction of sp³-hybridized carbons (Fsp3) is 0.0833. The second kappa shape index (κ2) is 3.82. The monoisotopic (exact) mass is 257 g/mol. The van der Waals surface area contributed by atoms with Gasteiger partial charge in [0.05, 0.1) is 16.7 Å². The van der Waals surface area contributed by atoms with Crippen LogP contribution >= 0.6 is 11.3 Å². The number of aromatic nitrogens is 2. The second-order valence-electron chi connectivity index (χ2n) is 3.75. The molecule has 0 bridgehead atoms. The van der Waals surface area contributed by atoms with E-state index in [0.29, 0.717) is 16.2 Å². The largest absolute Gasteiger partial charge is 0.419 e. The van der Waals surface area contributed by atoms with Crippen LogP contribution in [0.1, 0.15) is 4.88 Å². The van der Waals surface area contributed by atoms with Gasteiger partial charge in [0.15, 0.2) is 5.58 Å². The molecule has 0 aliphatic carbocycles. The van der Waals surface area contributed by atoms with E-state index in [0.717, 1.165) is 11.1 Å². The van der Waals surface area contributed by atoms with Crippen LogP contribution in [0.5, 0.6) is 0 Å². The topological polar surface area (TPSA) is 71.8 Å². The van der Waals surface area contributed by atoms with Gasteiger partial charge in [-0.2, -0.15) is 5.26 Å². The normalized spacial score (nSPS) is 10.7. The summed E-state index contributed by atoms with van der Waals surface area (Å²) in [6.07, 6.45) is 0. The molecule has 0 radical (unpaired) electrons. The summed E-state index contributed by atoms with van der Waals surface area (Å²) < 4.78 is 6.55. The van der Waals surface area contributed by atoms with Crippen molar-refractivity contribution in [3.05, 3.63) is 39.1 Å². The number of rotatable bonds is 1. The van der Waals surface area contributed by atoms with Gasteiger partial charge in [-0.1, -0.05) is 6.07 Å². The lowest BCUT2D eigenvalue weighted by Crippen LogP contribution is -2.08. The predicted octanol–water partition coefficient (Wildman–Crippen LogP) is 2.13. The molecule has 6 heteroatoms. The van der Waals surface area contributed by atoms with Gasteiger partial charge in [-0.25, -0.2) is 9.78 Å². The van der Waals surface area contributed by atoms with Crippen LogP contribution in [0.3, 0.4) is 0 Å². The van der Waals surface area contributed by atoms with Crippen molar-refractivity contribution in [1.82, 2.24) is 9.55 Å². The van der Waals surface area contributed by atoms with Crippen molar-refractivity contribution in [3.63, 3.8) is 0 Å². The zero-order valence-corrected chi connectivity index (χ0v) is 10.2. The van der Waals surface area contributed by atoms with Gasteiger partial charge in [-0.05, 0) is 12.1 Å². The summed E-state index contributed by atoms with van der Waals surface area (Å²) in [7, 11) is 1.65. The minimum atomic E-state index is -0.402. The molecule has 0 aliphatic rings. The first kappa shape index (κ1) is 10.7. The molecule has 0 N–H and O–H groups in total. The van der Waals surface area contributed by atoms with Crippen LogP contribution in [0.4, 0.5) is 0 Å². The van der Waals surface area contributed by atoms with E-state index in [9.17, 15) is 4.79 Å². The predicted molar refractivity (Wildman–Crippen MR) is 67.3 cm³/mol. The molecule has 0 spiro atoms. The second-order valence-corrected chi connectivity index (χ2v) is 4.61. The molecular formula is C12H7N3O2S. The smallest absolute Gasteiger partial charge is 0.408 e. The molecule has 0 unspecified atom stereocenters. The maximum atomic E-state index is 11.4. The van der Waals surface area contributed by atoms with Gasteiger partial charge < -0.3 is 4.42 Å². The summed E-state index contributed by atoms with van der Waals surface area (Å²) in [4.78, 5) is 16.1. The quantitative estimate of drug-likeness (QED) is 0.669. The Hall–Kier alpha value is -2.39. The van der Waals surface area contributed by atoms with Gasteiger partial charge in [-0.3, -0.25) is 4.57 Å². The van der Waals surface area contributed by atoms with Gasteiger partial charge in [0.2, 0.25) is 0 Å². The number of fused-ring (bicyclic) bond motifs is 1. The number of thiazole rings is 1. The van der Waals surface area contributed by atoms with Crippen LogP contribution < -0.4 is 5.76 Å². The molecule has 0 aliphatic heterocycles. The summed E-state index contributed by atoms with van der Waals surface area (Å²) in [6, 6.07) is 7.44. The van der Waals surface area contributed by atoms with Crippen LogP contribution in [0, 0.1) is 11.3 Å². The van der Waals surface area contributed by atoms with E-state index in [1.165, 1.54) is 15.9 Å². The summed E-state index contributed by atoms with van der Waals surface area (Å²) in [6.45, 7) is 0. The first-order valence-corrected chi connectivity index (χ1v) is 6.02. The van der Waals surface area contributed by atoms with E-state index in [4.69, 9.17) is 9.68 Å². The van der Waals surface area contributed by atoms with Gasteiger partial charge in [0, 0.05) is 12.6 Å². The van der Waals surface area contributed by atoms with Crippen molar-refractivity contribution < 1.29 is 4.42 Å². The van der Waals surface area contributed by atoms with Crippen LogP contribution in [0.2, 0.25) is 0 Å². The Bertz CT molecular complexity index is 835. The van der Waals surface area contributed by atoms with E-state index in [2.05, 4.69) is 11.1 Å². The van der Waals surface area contributed by atoms with Crippen LogP contribution in [-0.2, 0) is 7.05 Å². The maximum absolute atomic E-state index is 11.4. The fourth-order valence-corrected chi connectivity index (χ4v) is 2.41. The number of hydrogen-bond donors (Lipinski definition) is 0. The summed E-state index contributed by atoms with van der Waals surface area (Å²) in [5.74, 6) is -0.402. The van der Waals surface area contributed by atoms with Crippen molar-refractivity contribution in [2.45, 2.75) is 0 Å². The Morgan fingerprint density at radius 2 is 2.33 bits per heavy atom. The Balaban J connectivity index is 2.26. The van der Waals surface area contributed by atoms with Crippen LogP contribution in [0.15, 0.2) is 32.9 Å². The van der Waals surface area contributed by atoms with Gasteiger partial charge in [0.1, 0.15) is 10.9 Å². The highest BCUT2D eigenvalue weighted by atomic mass is 32.1. The highest BCUT2D eigenvalue weighted by molar-refractivity contribution is 7.10. The number of oxazole rings is 1. The van der Waals surface area contributed by atoms with Crippen LogP contribution in [-0.4, -0.2) is 9.55 Å². The molecule has 0 fully saturated rings. The van der Waals surface area contributed by atoms with E-state index >= 15 is 0 Å². The minimum Gasteiger partial charge on any atom is -0.408 e. The number of hydrogen-bond acceptors (Lipinski definition) is 5. The van der Waals surface area contributed by atoms with Gasteiger partial charge >= 0.3 is 5.76 Å². The van der Waals surface area contributed by atoms with Crippen molar-refractivity contribution in [2.75, 3.05) is 0 Å². The highest BCUT2D eigenvalue weighted by Gasteiger charge is 2.11. The average Bonchev–Trinajstić information content (AvgIpc) is 2.95. The van der Waals surface area contributed by atoms with E-state index < -0.39 is 5.76 Å². The Labute approximate surface area is 106 Å². The summed E-state index contributed by atoms with van der Waals surface area (Å²) >= 11 is 1.29. The number of nitrogens with zero attached hydrogens (tertiary/aromatic N) is 3. The molecule has 3 aromatic rings. The molecule has 5 nitrogen and oxygen atoms in total. The van der Waals surface area contributed by atoms with Crippen molar-refractivity contribution in [1.29, 1.82) is 5.26 Å². The average molecular weight is 257 g/mol. The maximum Gasteiger partial charge on any atom is 0.419 e. The third-order valence-corrected chi connectivity index (χ3v) is 3.47. The molecule has 0 atom stereocenters. The zero-order chi connectivity index (χ0) is 12.7. The zero-order valence-electron chi connectivity index (χ0n) is 9.38. The number of benzene rings is 1. The summed E-state index contributed by atoms with van der Waals surface area (Å²) in [5.41, 5.74) is 4.24. The van der Waals surface area contributed by atoms with Gasteiger partial charge in [-0.15, -0.1) is 11.3 Å². The standard InChI is InChI=1S/C12H7N3O2S/c1-15-8-3-2-7(4-9(8)17-12(15)16)11-10(5-13)18-6-14-11/h2-4,6H,1H3. The molecule has 3 rings (SSSR count).